The minimum absolute atomic E-state index is 0.163. The largest absolute Gasteiger partial charge is 0.444 e. The first-order chi connectivity index (χ1) is 9.41. The van der Waals surface area contributed by atoms with Crippen LogP contribution < -0.4 is 5.32 Å². The zero-order valence-corrected chi connectivity index (χ0v) is 12.2. The first-order valence-electron chi connectivity index (χ1n) is 5.94. The molecule has 0 amide bonds. The highest BCUT2D eigenvalue weighted by Gasteiger charge is 2.31. The summed E-state index contributed by atoms with van der Waals surface area (Å²) in [4.78, 5) is 4.18. The summed E-state index contributed by atoms with van der Waals surface area (Å²) in [5, 5.41) is 3.07. The van der Waals surface area contributed by atoms with Crippen LogP contribution in [0.1, 0.15) is 18.2 Å². The third-order valence-electron chi connectivity index (χ3n) is 2.63. The van der Waals surface area contributed by atoms with Crippen molar-refractivity contribution in [2.24, 2.45) is 0 Å². The van der Waals surface area contributed by atoms with Gasteiger partial charge < -0.3 is 9.73 Å². The molecule has 0 radical (unpaired) electrons. The molecule has 20 heavy (non-hydrogen) atoms. The second kappa shape index (κ2) is 5.97. The number of aromatic nitrogens is 1. The zero-order valence-electron chi connectivity index (χ0n) is 10.6. The van der Waals surface area contributed by atoms with Crippen LogP contribution in [-0.4, -0.2) is 11.5 Å². The zero-order chi connectivity index (χ0) is 14.8. The topological polar surface area (TPSA) is 38.1 Å². The van der Waals surface area contributed by atoms with Crippen molar-refractivity contribution in [1.29, 1.82) is 0 Å². The van der Waals surface area contributed by atoms with Crippen molar-refractivity contribution >= 4 is 15.9 Å². The van der Waals surface area contributed by atoms with Gasteiger partial charge in [0.25, 0.3) is 0 Å². The minimum atomic E-state index is -4.39. The van der Waals surface area contributed by atoms with Gasteiger partial charge in [-0.25, -0.2) is 4.98 Å². The number of rotatable bonds is 4. The van der Waals surface area contributed by atoms with Gasteiger partial charge in [0.2, 0.25) is 5.89 Å². The fourth-order valence-electron chi connectivity index (χ4n) is 1.63. The van der Waals surface area contributed by atoms with E-state index in [0.29, 0.717) is 16.7 Å². The number of hydrogen-bond donors (Lipinski definition) is 1. The lowest BCUT2D eigenvalue weighted by atomic mass is 10.1. The summed E-state index contributed by atoms with van der Waals surface area (Å²) in [7, 11) is 0. The Bertz CT molecular complexity index is 596. The maximum atomic E-state index is 12.7. The Hall–Kier alpha value is -1.34. The van der Waals surface area contributed by atoms with E-state index in [9.17, 15) is 13.2 Å². The van der Waals surface area contributed by atoms with Crippen molar-refractivity contribution in [2.45, 2.75) is 19.6 Å². The number of hydrogen-bond acceptors (Lipinski definition) is 3. The monoisotopic (exact) mass is 348 g/mol. The van der Waals surface area contributed by atoms with Gasteiger partial charge in [-0.05, 0) is 40.7 Å². The summed E-state index contributed by atoms with van der Waals surface area (Å²) in [5.41, 5.74) is 0.191. The molecule has 0 aliphatic carbocycles. The smallest absolute Gasteiger partial charge is 0.416 e. The molecule has 0 aliphatic rings. The average Bonchev–Trinajstić information content (AvgIpc) is 2.84. The van der Waals surface area contributed by atoms with Gasteiger partial charge in [0.1, 0.15) is 6.26 Å². The van der Waals surface area contributed by atoms with Crippen molar-refractivity contribution in [2.75, 3.05) is 6.54 Å². The molecule has 0 atom stereocenters. The number of alkyl halides is 3. The quantitative estimate of drug-likeness (QED) is 0.898. The van der Waals surface area contributed by atoms with Crippen LogP contribution in [0.25, 0.3) is 11.5 Å². The molecular formula is C13H12BrF3N2O. The molecule has 0 saturated heterocycles. The highest BCUT2D eigenvalue weighted by molar-refractivity contribution is 9.10. The molecule has 2 rings (SSSR count). The second-order valence-electron chi connectivity index (χ2n) is 4.12. The fourth-order valence-corrected chi connectivity index (χ4v) is 2.05. The van der Waals surface area contributed by atoms with Crippen LogP contribution in [-0.2, 0) is 12.7 Å². The van der Waals surface area contributed by atoms with Gasteiger partial charge in [-0.3, -0.25) is 0 Å². The molecule has 7 heteroatoms. The van der Waals surface area contributed by atoms with E-state index in [4.69, 9.17) is 4.42 Å². The van der Waals surface area contributed by atoms with Crippen molar-refractivity contribution in [1.82, 2.24) is 10.3 Å². The van der Waals surface area contributed by atoms with Crippen LogP contribution >= 0.6 is 15.9 Å². The molecule has 108 valence electrons. The van der Waals surface area contributed by atoms with Crippen molar-refractivity contribution in [3.05, 3.63) is 40.2 Å². The van der Waals surface area contributed by atoms with E-state index in [-0.39, 0.29) is 11.5 Å². The van der Waals surface area contributed by atoms with E-state index in [0.717, 1.165) is 18.7 Å². The van der Waals surface area contributed by atoms with Gasteiger partial charge in [0, 0.05) is 11.0 Å². The van der Waals surface area contributed by atoms with Crippen molar-refractivity contribution in [3.8, 4) is 11.5 Å². The van der Waals surface area contributed by atoms with Crippen LogP contribution in [0, 0.1) is 0 Å². The molecule has 0 saturated carbocycles. The second-order valence-corrected chi connectivity index (χ2v) is 4.97. The van der Waals surface area contributed by atoms with Gasteiger partial charge >= 0.3 is 6.18 Å². The molecule has 1 N–H and O–H groups in total. The molecule has 0 bridgehead atoms. The summed E-state index contributed by atoms with van der Waals surface area (Å²) in [6, 6.07) is 3.37. The maximum absolute atomic E-state index is 12.7. The number of halogens is 4. The Morgan fingerprint density at radius 1 is 1.35 bits per heavy atom. The summed E-state index contributed by atoms with van der Waals surface area (Å²) in [6.45, 7) is 3.23. The fraction of sp³-hybridized carbons (Fsp3) is 0.308. The Kier molecular flexibility index (Phi) is 4.49. The molecule has 0 spiro atoms. The molecule has 1 heterocycles. The Morgan fingerprint density at radius 2 is 2.10 bits per heavy atom. The van der Waals surface area contributed by atoms with E-state index in [1.165, 1.54) is 12.3 Å². The molecule has 1 aromatic heterocycles. The summed E-state index contributed by atoms with van der Waals surface area (Å²) in [5.74, 6) is 0.163. The predicted molar refractivity (Wildman–Crippen MR) is 72.0 cm³/mol. The van der Waals surface area contributed by atoms with Crippen LogP contribution in [0.5, 0.6) is 0 Å². The lowest BCUT2D eigenvalue weighted by Crippen LogP contribution is -2.11. The summed E-state index contributed by atoms with van der Waals surface area (Å²) < 4.78 is 43.9. The number of nitrogens with zero attached hydrogens (tertiary/aromatic N) is 1. The third kappa shape index (κ3) is 3.40. The first kappa shape index (κ1) is 15.1. The highest BCUT2D eigenvalue weighted by atomic mass is 79.9. The van der Waals surface area contributed by atoms with E-state index in [2.05, 4.69) is 26.2 Å². The van der Waals surface area contributed by atoms with Crippen molar-refractivity contribution in [3.63, 3.8) is 0 Å². The first-order valence-corrected chi connectivity index (χ1v) is 6.73. The lowest BCUT2D eigenvalue weighted by Gasteiger charge is -2.08. The lowest BCUT2D eigenvalue weighted by molar-refractivity contribution is -0.137. The van der Waals surface area contributed by atoms with Gasteiger partial charge in [-0.2, -0.15) is 13.2 Å². The Balaban J connectivity index is 2.34. The van der Waals surface area contributed by atoms with Gasteiger partial charge in [-0.1, -0.05) is 6.92 Å². The van der Waals surface area contributed by atoms with Crippen LogP contribution in [0.4, 0.5) is 13.2 Å². The van der Waals surface area contributed by atoms with E-state index < -0.39 is 11.7 Å². The molecule has 2 aromatic rings. The van der Waals surface area contributed by atoms with Crippen molar-refractivity contribution < 1.29 is 17.6 Å². The highest BCUT2D eigenvalue weighted by Crippen LogP contribution is 2.35. The molecular weight excluding hydrogens is 337 g/mol. The van der Waals surface area contributed by atoms with Gasteiger partial charge in [0.05, 0.1) is 16.8 Å². The van der Waals surface area contributed by atoms with Crippen LogP contribution in [0.2, 0.25) is 0 Å². The van der Waals surface area contributed by atoms with Gasteiger partial charge in [-0.15, -0.1) is 0 Å². The SMILES string of the molecule is CCNCc1coc(-c2cc(C(F)(F)F)ccc2Br)n1. The number of oxazole rings is 1. The van der Waals surface area contributed by atoms with Gasteiger partial charge in [0.15, 0.2) is 0 Å². The Labute approximate surface area is 122 Å². The van der Waals surface area contributed by atoms with E-state index in [1.54, 1.807) is 0 Å². The standard InChI is InChI=1S/C13H12BrF3N2O/c1-2-18-6-9-7-20-12(19-9)10-5-8(13(15,16)17)3-4-11(10)14/h3-5,7,18H,2,6H2,1H3. The number of benzene rings is 1. The number of nitrogens with one attached hydrogen (secondary N) is 1. The summed E-state index contributed by atoms with van der Waals surface area (Å²) >= 11 is 3.21. The summed E-state index contributed by atoms with van der Waals surface area (Å²) in [6.07, 6.45) is -2.96. The normalized spacial score (nSPS) is 11.8. The molecule has 3 nitrogen and oxygen atoms in total. The van der Waals surface area contributed by atoms with E-state index >= 15 is 0 Å². The third-order valence-corrected chi connectivity index (χ3v) is 3.32. The molecule has 0 unspecified atom stereocenters. The molecule has 0 fully saturated rings. The average molecular weight is 349 g/mol. The minimum Gasteiger partial charge on any atom is -0.444 e. The van der Waals surface area contributed by atoms with Crippen LogP contribution in [0.3, 0.4) is 0 Å². The molecule has 0 aliphatic heterocycles. The van der Waals surface area contributed by atoms with E-state index in [1.807, 2.05) is 6.92 Å². The Morgan fingerprint density at radius 3 is 2.75 bits per heavy atom. The predicted octanol–water partition coefficient (Wildman–Crippen LogP) is 4.23. The maximum Gasteiger partial charge on any atom is 0.416 e. The van der Waals surface area contributed by atoms with Crippen LogP contribution in [0.15, 0.2) is 33.4 Å². The molecule has 1 aromatic carbocycles.